The molecule has 0 bridgehead atoms. The van der Waals surface area contributed by atoms with Crippen molar-refractivity contribution in [1.29, 1.82) is 0 Å². The maximum Gasteiger partial charge on any atom is 0.228 e. The van der Waals surface area contributed by atoms with Gasteiger partial charge < -0.3 is 4.90 Å². The van der Waals surface area contributed by atoms with E-state index in [1.807, 2.05) is 4.90 Å². The van der Waals surface area contributed by atoms with E-state index in [-0.39, 0.29) is 17.4 Å². The summed E-state index contributed by atoms with van der Waals surface area (Å²) in [7, 11) is 0. The smallest absolute Gasteiger partial charge is 0.228 e. The maximum atomic E-state index is 12.3. The number of fused-ring (bicyclic) bond motifs is 1. The van der Waals surface area contributed by atoms with Crippen molar-refractivity contribution in [3.8, 4) is 0 Å². The Morgan fingerprint density at radius 3 is 2.50 bits per heavy atom. The van der Waals surface area contributed by atoms with Gasteiger partial charge in [-0.15, -0.1) is 0 Å². The first kappa shape index (κ1) is 13.6. The summed E-state index contributed by atoms with van der Waals surface area (Å²) in [5, 5.41) is 0. The zero-order valence-corrected chi connectivity index (χ0v) is 13.3. The minimum absolute atomic E-state index is 0.0893. The van der Waals surface area contributed by atoms with Gasteiger partial charge in [0.2, 0.25) is 5.91 Å². The highest BCUT2D eigenvalue weighted by Crippen LogP contribution is 2.43. The third-order valence-electron chi connectivity index (χ3n) is 3.64. The van der Waals surface area contributed by atoms with E-state index in [4.69, 9.17) is 0 Å². The lowest BCUT2D eigenvalue weighted by Crippen LogP contribution is -2.45. The van der Waals surface area contributed by atoms with Gasteiger partial charge in [-0.3, -0.25) is 4.79 Å². The van der Waals surface area contributed by atoms with Crippen molar-refractivity contribution in [3.05, 3.63) is 27.7 Å². The molecule has 1 aliphatic heterocycles. The normalized spacial score (nSPS) is 18.2. The van der Waals surface area contributed by atoms with Gasteiger partial charge in [-0.1, -0.05) is 29.8 Å². The second-order valence-electron chi connectivity index (χ2n) is 6.04. The van der Waals surface area contributed by atoms with E-state index in [2.05, 4.69) is 62.7 Å². The number of aryl methyl sites for hydroxylation is 1. The molecule has 1 amide bonds. The Kier molecular flexibility index (Phi) is 3.30. The molecule has 2 rings (SSSR count). The molecule has 0 aliphatic carbocycles. The fraction of sp³-hybridized carbons (Fsp3) is 0.533. The van der Waals surface area contributed by atoms with Crippen LogP contribution in [0.2, 0.25) is 0 Å². The summed E-state index contributed by atoms with van der Waals surface area (Å²) in [4.78, 5) is 14.3. The minimum atomic E-state index is -0.0893. The van der Waals surface area contributed by atoms with Crippen LogP contribution in [-0.2, 0) is 10.2 Å². The molecule has 0 radical (unpaired) electrons. The Bertz CT molecular complexity index is 505. The molecule has 0 fully saturated rings. The molecule has 18 heavy (non-hydrogen) atoms. The Morgan fingerprint density at radius 1 is 1.33 bits per heavy atom. The topological polar surface area (TPSA) is 20.3 Å². The van der Waals surface area contributed by atoms with Gasteiger partial charge in [-0.2, -0.15) is 0 Å². The Balaban J connectivity index is 2.69. The van der Waals surface area contributed by atoms with E-state index in [1.54, 1.807) is 0 Å². The zero-order chi connectivity index (χ0) is 13.7. The van der Waals surface area contributed by atoms with Crippen molar-refractivity contribution in [2.75, 3.05) is 4.90 Å². The third-order valence-corrected chi connectivity index (χ3v) is 4.50. The van der Waals surface area contributed by atoms with Crippen LogP contribution in [0.5, 0.6) is 0 Å². The highest BCUT2D eigenvalue weighted by molar-refractivity contribution is 9.10. The summed E-state index contributed by atoms with van der Waals surface area (Å²) < 4.78 is 1.12. The molecule has 98 valence electrons. The van der Waals surface area contributed by atoms with Crippen LogP contribution in [0.3, 0.4) is 0 Å². The van der Waals surface area contributed by atoms with E-state index in [0.717, 1.165) is 10.2 Å². The standard InChI is InChI=1S/C15H20BrNO/c1-9(2)17-13-6-10(3)12(16)7-11(13)15(4,5)8-14(17)18/h6-7,9H,8H2,1-5H3. The van der Waals surface area contributed by atoms with Crippen molar-refractivity contribution in [3.63, 3.8) is 0 Å². The number of rotatable bonds is 1. The Hall–Kier alpha value is -0.830. The molecular weight excluding hydrogens is 290 g/mol. The van der Waals surface area contributed by atoms with E-state index in [9.17, 15) is 4.79 Å². The van der Waals surface area contributed by atoms with Gasteiger partial charge in [-0.25, -0.2) is 0 Å². The Morgan fingerprint density at radius 2 is 1.94 bits per heavy atom. The zero-order valence-electron chi connectivity index (χ0n) is 11.7. The molecule has 1 heterocycles. The first-order valence-corrected chi connectivity index (χ1v) is 7.16. The number of hydrogen-bond donors (Lipinski definition) is 0. The highest BCUT2D eigenvalue weighted by Gasteiger charge is 2.37. The van der Waals surface area contributed by atoms with Crippen molar-refractivity contribution in [2.45, 2.75) is 52.5 Å². The lowest BCUT2D eigenvalue weighted by atomic mass is 9.76. The second-order valence-corrected chi connectivity index (χ2v) is 6.89. The number of carbonyl (C=O) groups is 1. The highest BCUT2D eigenvalue weighted by atomic mass is 79.9. The molecule has 0 spiro atoms. The molecule has 0 N–H and O–H groups in total. The number of carbonyl (C=O) groups excluding carboxylic acids is 1. The van der Waals surface area contributed by atoms with Crippen LogP contribution in [-0.4, -0.2) is 11.9 Å². The third kappa shape index (κ3) is 2.09. The van der Waals surface area contributed by atoms with Crippen LogP contribution in [0.4, 0.5) is 5.69 Å². The number of anilines is 1. The number of hydrogen-bond acceptors (Lipinski definition) is 1. The van der Waals surface area contributed by atoms with Crippen molar-refractivity contribution in [2.24, 2.45) is 0 Å². The summed E-state index contributed by atoms with van der Waals surface area (Å²) in [6.45, 7) is 10.5. The maximum absolute atomic E-state index is 12.3. The fourth-order valence-corrected chi connectivity index (χ4v) is 3.01. The lowest BCUT2D eigenvalue weighted by molar-refractivity contribution is -0.120. The van der Waals surface area contributed by atoms with Crippen LogP contribution in [0.1, 0.15) is 45.2 Å². The molecule has 3 heteroatoms. The van der Waals surface area contributed by atoms with E-state index >= 15 is 0 Å². The molecule has 1 aliphatic rings. The number of benzene rings is 1. The minimum Gasteiger partial charge on any atom is -0.310 e. The molecular formula is C15H20BrNO. The summed E-state index contributed by atoms with van der Waals surface area (Å²) in [6, 6.07) is 4.50. The number of amides is 1. The van der Waals surface area contributed by atoms with Gasteiger partial charge in [0, 0.05) is 28.0 Å². The van der Waals surface area contributed by atoms with Gasteiger partial charge in [0.1, 0.15) is 0 Å². The van der Waals surface area contributed by atoms with Gasteiger partial charge >= 0.3 is 0 Å². The predicted molar refractivity (Wildman–Crippen MR) is 79.1 cm³/mol. The number of nitrogens with zero attached hydrogens (tertiary/aromatic N) is 1. The van der Waals surface area contributed by atoms with E-state index in [0.29, 0.717) is 6.42 Å². The van der Waals surface area contributed by atoms with E-state index in [1.165, 1.54) is 11.1 Å². The molecule has 0 saturated heterocycles. The van der Waals surface area contributed by atoms with Crippen LogP contribution >= 0.6 is 15.9 Å². The first-order chi connectivity index (χ1) is 8.24. The predicted octanol–water partition coefficient (Wildman–Crippen LogP) is 4.18. The van der Waals surface area contributed by atoms with Gasteiger partial charge in [0.25, 0.3) is 0 Å². The monoisotopic (exact) mass is 309 g/mol. The van der Waals surface area contributed by atoms with Crippen LogP contribution < -0.4 is 4.90 Å². The largest absolute Gasteiger partial charge is 0.310 e. The van der Waals surface area contributed by atoms with E-state index < -0.39 is 0 Å². The van der Waals surface area contributed by atoms with Crippen LogP contribution in [0.15, 0.2) is 16.6 Å². The molecule has 2 nitrogen and oxygen atoms in total. The molecule has 0 aromatic heterocycles. The summed E-state index contributed by atoms with van der Waals surface area (Å²) in [6.07, 6.45) is 0.577. The summed E-state index contributed by atoms with van der Waals surface area (Å²) >= 11 is 3.59. The van der Waals surface area contributed by atoms with Gasteiger partial charge in [0.15, 0.2) is 0 Å². The van der Waals surface area contributed by atoms with Crippen LogP contribution in [0, 0.1) is 6.92 Å². The van der Waals surface area contributed by atoms with Crippen molar-refractivity contribution < 1.29 is 4.79 Å². The summed E-state index contributed by atoms with van der Waals surface area (Å²) in [5.41, 5.74) is 3.42. The quantitative estimate of drug-likeness (QED) is 0.762. The number of halogens is 1. The van der Waals surface area contributed by atoms with Crippen molar-refractivity contribution in [1.82, 2.24) is 0 Å². The van der Waals surface area contributed by atoms with Crippen LogP contribution in [0.25, 0.3) is 0 Å². The first-order valence-electron chi connectivity index (χ1n) is 6.37. The van der Waals surface area contributed by atoms with Gasteiger partial charge in [0.05, 0.1) is 0 Å². The molecule has 0 unspecified atom stereocenters. The average Bonchev–Trinajstić information content (AvgIpc) is 2.19. The molecule has 1 aromatic carbocycles. The van der Waals surface area contributed by atoms with Gasteiger partial charge in [-0.05, 0) is 44.0 Å². The lowest BCUT2D eigenvalue weighted by Gasteiger charge is -2.41. The molecule has 0 atom stereocenters. The average molecular weight is 310 g/mol. The molecule has 1 aromatic rings. The second kappa shape index (κ2) is 4.37. The SMILES string of the molecule is Cc1cc2c(cc1Br)C(C)(C)CC(=O)N2C(C)C. The fourth-order valence-electron chi connectivity index (χ4n) is 2.67. The van der Waals surface area contributed by atoms with Crippen molar-refractivity contribution >= 4 is 27.5 Å². The Labute approximate surface area is 117 Å². The summed E-state index contributed by atoms with van der Waals surface area (Å²) in [5.74, 6) is 0.226. The molecule has 0 saturated carbocycles.